The molecule has 1 atom stereocenters. The molecule has 0 aliphatic rings. The summed E-state index contributed by atoms with van der Waals surface area (Å²) in [5, 5.41) is 11.4. The van der Waals surface area contributed by atoms with E-state index in [1.807, 2.05) is 19.1 Å². The van der Waals surface area contributed by atoms with Crippen molar-refractivity contribution >= 4 is 11.6 Å². The molecule has 0 aliphatic heterocycles. The number of hydrogen-bond donors (Lipinski definition) is 2. The third-order valence-electron chi connectivity index (χ3n) is 2.78. The molecule has 0 bridgehead atoms. The summed E-state index contributed by atoms with van der Waals surface area (Å²) in [5.41, 5.74) is 6.73. The van der Waals surface area contributed by atoms with Crippen molar-refractivity contribution in [2.45, 2.75) is 38.6 Å². The smallest absolute Gasteiger partial charge is 0.244 e. The lowest BCUT2D eigenvalue weighted by molar-refractivity contribution is -0.120. The Balaban J connectivity index is 2.68. The van der Waals surface area contributed by atoms with Gasteiger partial charge in [-0.2, -0.15) is 5.26 Å². The predicted molar refractivity (Wildman–Crippen MR) is 71.9 cm³/mol. The Kier molecular flexibility index (Phi) is 4.87. The topological polar surface area (TPSA) is 78.9 Å². The number of hydrogen-bond acceptors (Lipinski definition) is 3. The Hall–Kier alpha value is -1.86. The highest BCUT2D eigenvalue weighted by atomic mass is 16.2. The first kappa shape index (κ1) is 14.2. The SMILES string of the molecule is CCCC(C)(N)C(=O)Nc1ccc(CC#N)cc1. The molecular weight excluding hydrogens is 226 g/mol. The van der Waals surface area contributed by atoms with Crippen molar-refractivity contribution in [3.05, 3.63) is 29.8 Å². The monoisotopic (exact) mass is 245 g/mol. The van der Waals surface area contributed by atoms with E-state index in [0.717, 1.165) is 12.0 Å². The molecule has 1 amide bonds. The fourth-order valence-corrected chi connectivity index (χ4v) is 1.70. The average molecular weight is 245 g/mol. The minimum absolute atomic E-state index is 0.183. The Morgan fingerprint density at radius 1 is 1.44 bits per heavy atom. The lowest BCUT2D eigenvalue weighted by atomic mass is 9.96. The number of nitrogens with one attached hydrogen (secondary N) is 1. The molecule has 1 aromatic rings. The van der Waals surface area contributed by atoms with Crippen molar-refractivity contribution < 1.29 is 4.79 Å². The molecule has 18 heavy (non-hydrogen) atoms. The molecule has 0 aromatic heterocycles. The van der Waals surface area contributed by atoms with Crippen LogP contribution in [0.3, 0.4) is 0 Å². The summed E-state index contributed by atoms with van der Waals surface area (Å²) < 4.78 is 0. The zero-order valence-electron chi connectivity index (χ0n) is 10.9. The van der Waals surface area contributed by atoms with Gasteiger partial charge in [0.2, 0.25) is 5.91 Å². The largest absolute Gasteiger partial charge is 0.325 e. The van der Waals surface area contributed by atoms with E-state index in [1.54, 1.807) is 19.1 Å². The highest BCUT2D eigenvalue weighted by Crippen LogP contribution is 2.14. The minimum atomic E-state index is -0.847. The Morgan fingerprint density at radius 2 is 2.06 bits per heavy atom. The number of nitrogens with two attached hydrogens (primary N) is 1. The van der Waals surface area contributed by atoms with Gasteiger partial charge in [-0.15, -0.1) is 0 Å². The molecule has 4 heteroatoms. The number of benzene rings is 1. The molecule has 0 radical (unpaired) electrons. The Morgan fingerprint density at radius 3 is 2.56 bits per heavy atom. The van der Waals surface area contributed by atoms with Gasteiger partial charge in [0, 0.05) is 5.69 Å². The lowest BCUT2D eigenvalue weighted by Gasteiger charge is -2.22. The predicted octanol–water partition coefficient (Wildman–Crippen LogP) is 2.21. The highest BCUT2D eigenvalue weighted by Gasteiger charge is 2.26. The fraction of sp³-hybridized carbons (Fsp3) is 0.429. The van der Waals surface area contributed by atoms with E-state index in [2.05, 4.69) is 11.4 Å². The first-order chi connectivity index (χ1) is 8.49. The second-order valence-electron chi connectivity index (χ2n) is 4.65. The average Bonchev–Trinajstić information content (AvgIpc) is 2.32. The molecule has 0 fully saturated rings. The molecule has 0 saturated heterocycles. The van der Waals surface area contributed by atoms with Gasteiger partial charge in [0.1, 0.15) is 0 Å². The van der Waals surface area contributed by atoms with Gasteiger partial charge >= 0.3 is 0 Å². The van der Waals surface area contributed by atoms with E-state index in [0.29, 0.717) is 18.5 Å². The molecule has 1 unspecified atom stereocenters. The van der Waals surface area contributed by atoms with Crippen LogP contribution in [0.15, 0.2) is 24.3 Å². The summed E-state index contributed by atoms with van der Waals surface area (Å²) in [6, 6.07) is 9.30. The number of rotatable bonds is 5. The van der Waals surface area contributed by atoms with Crippen LogP contribution in [0.25, 0.3) is 0 Å². The molecule has 0 heterocycles. The van der Waals surface area contributed by atoms with Gasteiger partial charge in [-0.25, -0.2) is 0 Å². The van der Waals surface area contributed by atoms with E-state index in [1.165, 1.54) is 0 Å². The molecule has 0 aliphatic carbocycles. The van der Waals surface area contributed by atoms with Gasteiger partial charge in [-0.1, -0.05) is 25.5 Å². The lowest BCUT2D eigenvalue weighted by Crippen LogP contribution is -2.48. The highest BCUT2D eigenvalue weighted by molar-refractivity contribution is 5.97. The van der Waals surface area contributed by atoms with E-state index >= 15 is 0 Å². The normalized spacial score (nSPS) is 13.4. The summed E-state index contributed by atoms with van der Waals surface area (Å²) in [4.78, 5) is 11.9. The van der Waals surface area contributed by atoms with Crippen LogP contribution in [0.4, 0.5) is 5.69 Å². The summed E-state index contributed by atoms with van der Waals surface area (Å²) in [6.07, 6.45) is 1.88. The standard InChI is InChI=1S/C14H19N3O/c1-3-9-14(2,16)13(18)17-12-6-4-11(5-7-12)8-10-15/h4-7H,3,8-9,16H2,1-2H3,(H,17,18). The Bertz CT molecular complexity index is 443. The molecule has 4 nitrogen and oxygen atoms in total. The number of amides is 1. The van der Waals surface area contributed by atoms with Gasteiger partial charge in [0.05, 0.1) is 18.0 Å². The summed E-state index contributed by atoms with van der Waals surface area (Å²) in [7, 11) is 0. The molecule has 1 rings (SSSR count). The van der Waals surface area contributed by atoms with Crippen molar-refractivity contribution in [3.63, 3.8) is 0 Å². The maximum Gasteiger partial charge on any atom is 0.244 e. The van der Waals surface area contributed by atoms with Crippen LogP contribution in [0, 0.1) is 11.3 Å². The first-order valence-corrected chi connectivity index (χ1v) is 6.06. The van der Waals surface area contributed by atoms with Crippen LogP contribution in [0.1, 0.15) is 32.3 Å². The van der Waals surface area contributed by atoms with Gasteiger partial charge in [0.25, 0.3) is 0 Å². The van der Waals surface area contributed by atoms with Crippen LogP contribution in [-0.4, -0.2) is 11.4 Å². The quantitative estimate of drug-likeness (QED) is 0.834. The number of anilines is 1. The molecule has 3 N–H and O–H groups in total. The van der Waals surface area contributed by atoms with Gasteiger partial charge < -0.3 is 11.1 Å². The van der Waals surface area contributed by atoms with E-state index in [4.69, 9.17) is 11.0 Å². The zero-order chi connectivity index (χ0) is 13.6. The summed E-state index contributed by atoms with van der Waals surface area (Å²) in [5.74, 6) is -0.183. The van der Waals surface area contributed by atoms with Crippen LogP contribution < -0.4 is 11.1 Å². The van der Waals surface area contributed by atoms with Crippen molar-refractivity contribution in [1.29, 1.82) is 5.26 Å². The van der Waals surface area contributed by atoms with Gasteiger partial charge in [-0.05, 0) is 31.0 Å². The van der Waals surface area contributed by atoms with Crippen LogP contribution in [0.5, 0.6) is 0 Å². The summed E-state index contributed by atoms with van der Waals surface area (Å²) in [6.45, 7) is 3.73. The van der Waals surface area contributed by atoms with E-state index < -0.39 is 5.54 Å². The Labute approximate surface area is 108 Å². The van der Waals surface area contributed by atoms with E-state index in [9.17, 15) is 4.79 Å². The van der Waals surface area contributed by atoms with Crippen molar-refractivity contribution in [2.24, 2.45) is 5.73 Å². The third kappa shape index (κ3) is 3.86. The maximum atomic E-state index is 11.9. The van der Waals surface area contributed by atoms with Crippen molar-refractivity contribution in [2.75, 3.05) is 5.32 Å². The second-order valence-corrected chi connectivity index (χ2v) is 4.65. The second kappa shape index (κ2) is 6.18. The molecule has 1 aromatic carbocycles. The molecule has 96 valence electrons. The molecule has 0 spiro atoms. The van der Waals surface area contributed by atoms with Crippen LogP contribution >= 0.6 is 0 Å². The first-order valence-electron chi connectivity index (χ1n) is 6.06. The van der Waals surface area contributed by atoms with Crippen LogP contribution in [0.2, 0.25) is 0 Å². The minimum Gasteiger partial charge on any atom is -0.325 e. The number of carbonyl (C=O) groups is 1. The number of nitriles is 1. The summed E-state index contributed by atoms with van der Waals surface area (Å²) >= 11 is 0. The maximum absolute atomic E-state index is 11.9. The molecule has 0 saturated carbocycles. The van der Waals surface area contributed by atoms with Gasteiger partial charge in [0.15, 0.2) is 0 Å². The van der Waals surface area contributed by atoms with Crippen LogP contribution in [-0.2, 0) is 11.2 Å². The number of carbonyl (C=O) groups excluding carboxylic acids is 1. The number of nitrogens with zero attached hydrogens (tertiary/aromatic N) is 1. The zero-order valence-corrected chi connectivity index (χ0v) is 10.9. The van der Waals surface area contributed by atoms with Crippen molar-refractivity contribution in [3.8, 4) is 6.07 Å². The van der Waals surface area contributed by atoms with Gasteiger partial charge in [-0.3, -0.25) is 4.79 Å². The van der Waals surface area contributed by atoms with Crippen molar-refractivity contribution in [1.82, 2.24) is 0 Å². The van der Waals surface area contributed by atoms with E-state index in [-0.39, 0.29) is 5.91 Å². The molecular formula is C14H19N3O. The fourth-order valence-electron chi connectivity index (χ4n) is 1.70. The third-order valence-corrected chi connectivity index (χ3v) is 2.78.